The molecule has 4 rings (SSSR count). The third-order valence-corrected chi connectivity index (χ3v) is 9.66. The van der Waals surface area contributed by atoms with Gasteiger partial charge in [-0.05, 0) is 65.6 Å². The van der Waals surface area contributed by atoms with Gasteiger partial charge in [0.05, 0.1) is 10.6 Å². The maximum Gasteiger partial charge on any atom is 0.264 e. The lowest BCUT2D eigenvalue weighted by Gasteiger charge is -2.34. The van der Waals surface area contributed by atoms with Crippen molar-refractivity contribution >= 4 is 62.3 Å². The summed E-state index contributed by atoms with van der Waals surface area (Å²) in [6.07, 6.45) is 0.191. The fraction of sp³-hybridized carbons (Fsp3) is 0.235. The predicted molar refractivity (Wildman–Crippen MR) is 181 cm³/mol. The zero-order valence-electron chi connectivity index (χ0n) is 24.9. The molecule has 7 nitrogen and oxygen atoms in total. The summed E-state index contributed by atoms with van der Waals surface area (Å²) in [5, 5.41) is 4.07. The van der Waals surface area contributed by atoms with Gasteiger partial charge >= 0.3 is 0 Å². The SMILES string of the molecule is CC(C)CNC(=O)C(Cc1ccccc1)N(Cc1ccc(Cl)cc1Cl)C(=O)CN(c1ccccc1)S(=O)(=O)c1ccc(Cl)cc1. The number of carbonyl (C=O) groups is 2. The van der Waals surface area contributed by atoms with Crippen molar-refractivity contribution in [3.63, 3.8) is 0 Å². The molecule has 1 unspecified atom stereocenters. The zero-order chi connectivity index (χ0) is 32.6. The normalized spacial score (nSPS) is 12.0. The first-order chi connectivity index (χ1) is 21.5. The Labute approximate surface area is 279 Å². The van der Waals surface area contributed by atoms with Crippen LogP contribution in [0.1, 0.15) is 25.0 Å². The molecule has 0 aliphatic carbocycles. The average molecular weight is 687 g/mol. The van der Waals surface area contributed by atoms with E-state index in [2.05, 4.69) is 5.32 Å². The molecule has 0 saturated carbocycles. The molecule has 1 N–H and O–H groups in total. The molecule has 0 aliphatic rings. The van der Waals surface area contributed by atoms with Crippen LogP contribution >= 0.6 is 34.8 Å². The number of rotatable bonds is 13. The number of anilines is 1. The summed E-state index contributed by atoms with van der Waals surface area (Å²) in [5.74, 6) is -0.792. The Hall–Kier alpha value is -3.56. The number of benzene rings is 4. The summed E-state index contributed by atoms with van der Waals surface area (Å²) in [5.41, 5.74) is 1.67. The quantitative estimate of drug-likeness (QED) is 0.161. The number of carbonyl (C=O) groups excluding carboxylic acids is 2. The van der Waals surface area contributed by atoms with Crippen molar-refractivity contribution in [1.29, 1.82) is 0 Å². The molecule has 0 radical (unpaired) electrons. The van der Waals surface area contributed by atoms with Crippen LogP contribution in [0.4, 0.5) is 5.69 Å². The second-order valence-corrected chi connectivity index (χ2v) is 14.0. The van der Waals surface area contributed by atoms with Crippen LogP contribution in [0.5, 0.6) is 0 Å². The number of sulfonamides is 1. The highest BCUT2D eigenvalue weighted by molar-refractivity contribution is 7.92. The monoisotopic (exact) mass is 685 g/mol. The fourth-order valence-electron chi connectivity index (χ4n) is 4.67. The molecule has 4 aromatic rings. The van der Waals surface area contributed by atoms with Crippen molar-refractivity contribution in [2.75, 3.05) is 17.4 Å². The van der Waals surface area contributed by atoms with Gasteiger partial charge in [0.15, 0.2) is 0 Å². The summed E-state index contributed by atoms with van der Waals surface area (Å²) in [4.78, 5) is 29.7. The van der Waals surface area contributed by atoms with Gasteiger partial charge in [0.25, 0.3) is 10.0 Å². The van der Waals surface area contributed by atoms with Crippen LogP contribution in [-0.4, -0.2) is 44.3 Å². The molecule has 236 valence electrons. The fourth-order valence-corrected chi connectivity index (χ4v) is 6.68. The van der Waals surface area contributed by atoms with Crippen molar-refractivity contribution in [2.45, 2.75) is 37.8 Å². The first kappa shape index (κ1) is 34.3. The lowest BCUT2D eigenvalue weighted by molar-refractivity contribution is -0.140. The van der Waals surface area contributed by atoms with Crippen LogP contribution in [0.25, 0.3) is 0 Å². The van der Waals surface area contributed by atoms with Gasteiger partial charge in [-0.15, -0.1) is 0 Å². The van der Waals surface area contributed by atoms with Gasteiger partial charge in [-0.2, -0.15) is 0 Å². The smallest absolute Gasteiger partial charge is 0.264 e. The van der Waals surface area contributed by atoms with Crippen LogP contribution in [0.15, 0.2) is 108 Å². The first-order valence-corrected chi connectivity index (χ1v) is 16.9. The average Bonchev–Trinajstić information content (AvgIpc) is 3.02. The maximum absolute atomic E-state index is 14.5. The maximum atomic E-state index is 14.5. The van der Waals surface area contributed by atoms with Crippen molar-refractivity contribution in [2.24, 2.45) is 5.92 Å². The highest BCUT2D eigenvalue weighted by atomic mass is 35.5. The summed E-state index contributed by atoms with van der Waals surface area (Å²) in [6, 6.07) is 27.3. The molecule has 0 fully saturated rings. The minimum absolute atomic E-state index is 0.0358. The van der Waals surface area contributed by atoms with E-state index in [1.165, 1.54) is 29.2 Å². The highest BCUT2D eigenvalue weighted by Crippen LogP contribution is 2.27. The standard InChI is InChI=1S/C34H34Cl3N3O4S/c1-24(2)21-38-34(42)32(19-25-9-5-3-6-10-25)39(22-26-13-14-28(36)20-31(26)37)33(41)23-40(29-11-7-4-8-12-29)45(43,44)30-17-15-27(35)16-18-30/h3-18,20,24,32H,19,21-23H2,1-2H3,(H,38,42). The Morgan fingerprint density at radius 1 is 0.800 bits per heavy atom. The Kier molecular flexibility index (Phi) is 11.9. The zero-order valence-corrected chi connectivity index (χ0v) is 28.0. The van der Waals surface area contributed by atoms with Crippen LogP contribution < -0.4 is 9.62 Å². The molecular weight excluding hydrogens is 653 g/mol. The molecule has 11 heteroatoms. The van der Waals surface area contributed by atoms with Gasteiger partial charge in [-0.3, -0.25) is 13.9 Å². The van der Waals surface area contributed by atoms with Crippen molar-refractivity contribution < 1.29 is 18.0 Å². The number of nitrogens with zero attached hydrogens (tertiary/aromatic N) is 2. The number of hydrogen-bond acceptors (Lipinski definition) is 4. The van der Waals surface area contributed by atoms with Crippen LogP contribution in [0, 0.1) is 5.92 Å². The van der Waals surface area contributed by atoms with Crippen LogP contribution in [0.2, 0.25) is 15.1 Å². The molecule has 0 saturated heterocycles. The van der Waals surface area contributed by atoms with Gasteiger partial charge in [0.2, 0.25) is 11.8 Å². The van der Waals surface area contributed by atoms with Crippen molar-refractivity contribution in [1.82, 2.24) is 10.2 Å². The van der Waals surface area contributed by atoms with E-state index in [1.807, 2.05) is 44.2 Å². The number of nitrogens with one attached hydrogen (secondary N) is 1. The van der Waals surface area contributed by atoms with E-state index in [1.54, 1.807) is 48.5 Å². The molecule has 0 spiro atoms. The van der Waals surface area contributed by atoms with E-state index in [0.29, 0.717) is 27.2 Å². The molecular formula is C34H34Cl3N3O4S. The van der Waals surface area contributed by atoms with E-state index < -0.39 is 28.5 Å². The predicted octanol–water partition coefficient (Wildman–Crippen LogP) is 7.25. The largest absolute Gasteiger partial charge is 0.354 e. The second kappa shape index (κ2) is 15.6. The minimum Gasteiger partial charge on any atom is -0.354 e. The lowest BCUT2D eigenvalue weighted by atomic mass is 10.0. The number of hydrogen-bond donors (Lipinski definition) is 1. The number of halogens is 3. The molecule has 0 aromatic heterocycles. The Morgan fingerprint density at radius 2 is 1.40 bits per heavy atom. The Bertz CT molecular complexity index is 1700. The molecule has 0 aliphatic heterocycles. The van der Waals surface area contributed by atoms with Gasteiger partial charge in [-0.25, -0.2) is 8.42 Å². The minimum atomic E-state index is -4.23. The van der Waals surface area contributed by atoms with Gasteiger partial charge in [-0.1, -0.05) is 103 Å². The Balaban J connectivity index is 1.80. The van der Waals surface area contributed by atoms with E-state index in [-0.39, 0.29) is 35.4 Å². The topological polar surface area (TPSA) is 86.8 Å². The van der Waals surface area contributed by atoms with Crippen molar-refractivity contribution in [3.8, 4) is 0 Å². The van der Waals surface area contributed by atoms with E-state index in [9.17, 15) is 18.0 Å². The first-order valence-electron chi connectivity index (χ1n) is 14.3. The molecule has 45 heavy (non-hydrogen) atoms. The van der Waals surface area contributed by atoms with Crippen LogP contribution in [0.3, 0.4) is 0 Å². The van der Waals surface area contributed by atoms with Gasteiger partial charge in [0.1, 0.15) is 12.6 Å². The summed E-state index contributed by atoms with van der Waals surface area (Å²) >= 11 is 18.7. The number of amides is 2. The number of para-hydroxylation sites is 1. The van der Waals surface area contributed by atoms with E-state index in [4.69, 9.17) is 34.8 Å². The summed E-state index contributed by atoms with van der Waals surface area (Å²) < 4.78 is 29.1. The third kappa shape index (κ3) is 9.23. The molecule has 2 amide bonds. The van der Waals surface area contributed by atoms with Crippen LogP contribution in [-0.2, 0) is 32.6 Å². The summed E-state index contributed by atoms with van der Waals surface area (Å²) in [6.45, 7) is 3.70. The lowest BCUT2D eigenvalue weighted by Crippen LogP contribution is -2.53. The van der Waals surface area contributed by atoms with Gasteiger partial charge < -0.3 is 10.2 Å². The second-order valence-electron chi connectivity index (χ2n) is 10.9. The molecule has 0 heterocycles. The third-order valence-electron chi connectivity index (χ3n) is 7.04. The molecule has 4 aromatic carbocycles. The highest BCUT2D eigenvalue weighted by Gasteiger charge is 2.35. The molecule has 1 atom stereocenters. The molecule has 0 bridgehead atoms. The summed E-state index contributed by atoms with van der Waals surface area (Å²) in [7, 11) is -4.23. The Morgan fingerprint density at radius 3 is 2.00 bits per heavy atom. The van der Waals surface area contributed by atoms with E-state index in [0.717, 1.165) is 9.87 Å². The van der Waals surface area contributed by atoms with Gasteiger partial charge in [0, 0.05) is 34.6 Å². The van der Waals surface area contributed by atoms with Crippen molar-refractivity contribution in [3.05, 3.63) is 129 Å². The van der Waals surface area contributed by atoms with E-state index >= 15 is 0 Å².